The quantitative estimate of drug-likeness (QED) is 0.445. The van der Waals surface area contributed by atoms with E-state index in [4.69, 9.17) is 9.84 Å². The van der Waals surface area contributed by atoms with Gasteiger partial charge in [-0.3, -0.25) is 14.9 Å². The average molecular weight is 294 g/mol. The van der Waals surface area contributed by atoms with E-state index in [9.17, 15) is 19.7 Å². The Labute approximate surface area is 120 Å². The van der Waals surface area contributed by atoms with Crippen LogP contribution in [0.1, 0.15) is 16.8 Å². The second kappa shape index (κ2) is 7.04. The molecule has 8 heteroatoms. The van der Waals surface area contributed by atoms with Crippen LogP contribution in [0.15, 0.2) is 30.9 Å². The van der Waals surface area contributed by atoms with Crippen molar-refractivity contribution < 1.29 is 24.4 Å². The number of nitro groups is 1. The maximum atomic E-state index is 12.1. The molecule has 0 aliphatic carbocycles. The predicted octanol–water partition coefficient (Wildman–Crippen LogP) is 1.36. The van der Waals surface area contributed by atoms with Gasteiger partial charge in [-0.2, -0.15) is 0 Å². The number of methoxy groups -OCH3 is 1. The van der Waals surface area contributed by atoms with Gasteiger partial charge < -0.3 is 15.2 Å². The number of aliphatic carboxylic acids is 1. The lowest BCUT2D eigenvalue weighted by Crippen LogP contribution is -2.40. The van der Waals surface area contributed by atoms with E-state index in [2.05, 4.69) is 11.9 Å². The predicted molar refractivity (Wildman–Crippen MR) is 73.4 cm³/mol. The van der Waals surface area contributed by atoms with Crippen LogP contribution in [-0.2, 0) is 4.79 Å². The molecular weight excluding hydrogens is 280 g/mol. The van der Waals surface area contributed by atoms with Crippen LogP contribution in [0.5, 0.6) is 5.75 Å². The number of nitrogens with one attached hydrogen (secondary N) is 1. The number of hydrogen-bond donors (Lipinski definition) is 2. The van der Waals surface area contributed by atoms with Crippen LogP contribution in [0.4, 0.5) is 5.69 Å². The molecule has 0 fully saturated rings. The van der Waals surface area contributed by atoms with E-state index < -0.39 is 22.8 Å². The van der Waals surface area contributed by atoms with Crippen LogP contribution in [0, 0.1) is 10.1 Å². The molecule has 0 saturated heterocycles. The molecule has 8 nitrogen and oxygen atoms in total. The van der Waals surface area contributed by atoms with Crippen molar-refractivity contribution in [3.05, 3.63) is 46.5 Å². The van der Waals surface area contributed by atoms with Gasteiger partial charge in [-0.05, 0) is 12.5 Å². The Balaban J connectivity index is 3.09. The first-order valence-electron chi connectivity index (χ1n) is 5.87. The summed E-state index contributed by atoms with van der Waals surface area (Å²) in [5.74, 6) is -1.89. The number of carbonyl (C=O) groups excluding carboxylic acids is 1. The molecule has 0 spiro atoms. The number of nitro benzene ring substituents is 1. The Bertz CT molecular complexity index is 584. The van der Waals surface area contributed by atoms with Crippen LogP contribution in [0.25, 0.3) is 0 Å². The summed E-state index contributed by atoms with van der Waals surface area (Å²) in [6.45, 7) is 3.41. The number of non-ortho nitro benzene ring substituents is 1. The van der Waals surface area contributed by atoms with Crippen molar-refractivity contribution in [2.45, 2.75) is 12.5 Å². The highest BCUT2D eigenvalue weighted by Crippen LogP contribution is 2.24. The monoisotopic (exact) mass is 294 g/mol. The minimum Gasteiger partial charge on any atom is -0.496 e. The molecule has 1 rings (SSSR count). The Kier molecular flexibility index (Phi) is 5.41. The van der Waals surface area contributed by atoms with Crippen molar-refractivity contribution in [1.82, 2.24) is 5.32 Å². The highest BCUT2D eigenvalue weighted by molar-refractivity contribution is 5.99. The summed E-state index contributed by atoms with van der Waals surface area (Å²) >= 11 is 0. The van der Waals surface area contributed by atoms with Gasteiger partial charge in [0.15, 0.2) is 0 Å². The van der Waals surface area contributed by atoms with E-state index in [0.29, 0.717) is 0 Å². The molecule has 0 radical (unpaired) electrons. The topological polar surface area (TPSA) is 119 Å². The van der Waals surface area contributed by atoms with Crippen LogP contribution in [0.2, 0.25) is 0 Å². The third-order valence-corrected chi connectivity index (χ3v) is 2.64. The summed E-state index contributed by atoms with van der Waals surface area (Å²) in [6.07, 6.45) is 1.38. The molecule has 0 saturated carbocycles. The highest BCUT2D eigenvalue weighted by atomic mass is 16.6. The SMILES string of the molecule is C=CCC(NC(=O)c1cc([N+](=O)[O-])ccc1OC)C(=O)O. The van der Waals surface area contributed by atoms with Gasteiger partial charge in [0.1, 0.15) is 11.8 Å². The van der Waals surface area contributed by atoms with Crippen molar-refractivity contribution in [2.24, 2.45) is 0 Å². The zero-order valence-electron chi connectivity index (χ0n) is 11.2. The largest absolute Gasteiger partial charge is 0.496 e. The van der Waals surface area contributed by atoms with E-state index in [1.165, 1.54) is 25.3 Å². The molecule has 0 aliphatic heterocycles. The average Bonchev–Trinajstić information content (AvgIpc) is 2.45. The molecule has 1 aromatic carbocycles. The molecule has 0 heterocycles. The lowest BCUT2D eigenvalue weighted by Gasteiger charge is -2.14. The second-order valence-corrected chi connectivity index (χ2v) is 4.03. The third kappa shape index (κ3) is 4.03. The molecule has 21 heavy (non-hydrogen) atoms. The first-order valence-corrected chi connectivity index (χ1v) is 5.87. The third-order valence-electron chi connectivity index (χ3n) is 2.64. The van der Waals surface area contributed by atoms with E-state index in [-0.39, 0.29) is 23.4 Å². The molecule has 0 bridgehead atoms. The van der Waals surface area contributed by atoms with E-state index in [0.717, 1.165) is 6.07 Å². The second-order valence-electron chi connectivity index (χ2n) is 4.03. The number of hydrogen-bond acceptors (Lipinski definition) is 5. The fraction of sp³-hybridized carbons (Fsp3) is 0.231. The number of carboxylic acids is 1. The van der Waals surface area contributed by atoms with Crippen LogP contribution >= 0.6 is 0 Å². The molecule has 1 aromatic rings. The number of benzene rings is 1. The number of carboxylic acid groups (broad SMARTS) is 1. The van der Waals surface area contributed by atoms with Crippen molar-refractivity contribution in [3.63, 3.8) is 0 Å². The van der Waals surface area contributed by atoms with E-state index in [1.54, 1.807) is 0 Å². The Morgan fingerprint density at radius 1 is 1.57 bits per heavy atom. The Morgan fingerprint density at radius 2 is 2.24 bits per heavy atom. The number of ether oxygens (including phenoxy) is 1. The minimum absolute atomic E-state index is 0.0261. The molecule has 1 amide bonds. The Hall–Kier alpha value is -2.90. The molecule has 1 atom stereocenters. The number of rotatable bonds is 7. The van der Waals surface area contributed by atoms with Crippen molar-refractivity contribution >= 4 is 17.6 Å². The normalized spacial score (nSPS) is 11.3. The van der Waals surface area contributed by atoms with Gasteiger partial charge in [0.2, 0.25) is 0 Å². The fourth-order valence-electron chi connectivity index (χ4n) is 1.61. The highest BCUT2D eigenvalue weighted by Gasteiger charge is 2.23. The van der Waals surface area contributed by atoms with Gasteiger partial charge in [-0.25, -0.2) is 4.79 Å². The zero-order chi connectivity index (χ0) is 16.0. The maximum Gasteiger partial charge on any atom is 0.326 e. The minimum atomic E-state index is -1.23. The summed E-state index contributed by atoms with van der Waals surface area (Å²) < 4.78 is 4.95. The number of carbonyl (C=O) groups is 2. The maximum absolute atomic E-state index is 12.1. The standard InChI is InChI=1S/C13H14N2O6/c1-3-4-10(13(17)18)14-12(16)9-7-8(15(19)20)5-6-11(9)21-2/h3,5-7,10H,1,4H2,2H3,(H,14,16)(H,17,18). The van der Waals surface area contributed by atoms with Gasteiger partial charge >= 0.3 is 5.97 Å². The van der Waals surface area contributed by atoms with Crippen LogP contribution < -0.4 is 10.1 Å². The first-order chi connectivity index (χ1) is 9.90. The van der Waals surface area contributed by atoms with Crippen LogP contribution in [-0.4, -0.2) is 35.1 Å². The van der Waals surface area contributed by atoms with Crippen molar-refractivity contribution in [3.8, 4) is 5.75 Å². The smallest absolute Gasteiger partial charge is 0.326 e. The summed E-state index contributed by atoms with van der Waals surface area (Å²) in [7, 11) is 1.30. The van der Waals surface area contributed by atoms with E-state index in [1.807, 2.05) is 0 Å². The van der Waals surface area contributed by atoms with Gasteiger partial charge in [-0.1, -0.05) is 6.08 Å². The van der Waals surface area contributed by atoms with E-state index >= 15 is 0 Å². The number of nitrogens with zero attached hydrogens (tertiary/aromatic N) is 1. The lowest BCUT2D eigenvalue weighted by molar-refractivity contribution is -0.384. The van der Waals surface area contributed by atoms with Gasteiger partial charge in [0, 0.05) is 12.1 Å². The summed E-state index contributed by atoms with van der Waals surface area (Å²) in [5.41, 5.74) is -0.404. The Morgan fingerprint density at radius 3 is 2.71 bits per heavy atom. The van der Waals surface area contributed by atoms with Gasteiger partial charge in [0.25, 0.3) is 11.6 Å². The molecule has 112 valence electrons. The number of amides is 1. The zero-order valence-corrected chi connectivity index (χ0v) is 11.2. The van der Waals surface area contributed by atoms with Crippen molar-refractivity contribution in [2.75, 3.05) is 7.11 Å². The summed E-state index contributed by atoms with van der Waals surface area (Å²) in [5, 5.41) is 22.0. The molecule has 1 unspecified atom stereocenters. The van der Waals surface area contributed by atoms with Gasteiger partial charge in [0.05, 0.1) is 17.6 Å². The molecule has 0 aliphatic rings. The molecule has 2 N–H and O–H groups in total. The van der Waals surface area contributed by atoms with Crippen LogP contribution in [0.3, 0.4) is 0 Å². The molecular formula is C13H14N2O6. The lowest BCUT2D eigenvalue weighted by atomic mass is 10.1. The fourth-order valence-corrected chi connectivity index (χ4v) is 1.61. The van der Waals surface area contributed by atoms with Crippen molar-refractivity contribution in [1.29, 1.82) is 0 Å². The summed E-state index contributed by atoms with van der Waals surface area (Å²) in [4.78, 5) is 33.1. The first kappa shape index (κ1) is 16.2. The summed E-state index contributed by atoms with van der Waals surface area (Å²) in [6, 6.07) is 2.32. The molecule has 0 aromatic heterocycles. The van der Waals surface area contributed by atoms with Gasteiger partial charge in [-0.15, -0.1) is 6.58 Å².